The van der Waals surface area contributed by atoms with E-state index in [9.17, 15) is 4.79 Å². The SMILES string of the molecule is CSCCCCCCNC(=O)C1(C)CCCC1N. The molecule has 1 aliphatic carbocycles. The maximum absolute atomic E-state index is 12.1. The van der Waals surface area contributed by atoms with Crippen LogP contribution < -0.4 is 11.1 Å². The first-order valence-corrected chi connectivity index (χ1v) is 8.53. The van der Waals surface area contributed by atoms with E-state index in [-0.39, 0.29) is 17.4 Å². The second-order valence-electron chi connectivity index (χ2n) is 5.58. The highest BCUT2D eigenvalue weighted by atomic mass is 32.2. The summed E-state index contributed by atoms with van der Waals surface area (Å²) in [5, 5.41) is 3.06. The summed E-state index contributed by atoms with van der Waals surface area (Å²) >= 11 is 1.90. The summed E-state index contributed by atoms with van der Waals surface area (Å²) in [6.07, 6.45) is 10.0. The lowest BCUT2D eigenvalue weighted by Gasteiger charge is -2.27. The molecule has 1 aliphatic rings. The van der Waals surface area contributed by atoms with Crippen LogP contribution in [0.1, 0.15) is 51.9 Å². The lowest BCUT2D eigenvalue weighted by molar-refractivity contribution is -0.130. The maximum atomic E-state index is 12.1. The van der Waals surface area contributed by atoms with E-state index in [1.807, 2.05) is 18.7 Å². The van der Waals surface area contributed by atoms with Crippen LogP contribution in [-0.4, -0.2) is 30.5 Å². The molecule has 1 saturated carbocycles. The molecule has 3 nitrogen and oxygen atoms in total. The monoisotopic (exact) mass is 272 g/mol. The van der Waals surface area contributed by atoms with Crippen molar-refractivity contribution in [1.29, 1.82) is 0 Å². The van der Waals surface area contributed by atoms with Gasteiger partial charge in [0.25, 0.3) is 0 Å². The van der Waals surface area contributed by atoms with E-state index in [1.54, 1.807) is 0 Å². The van der Waals surface area contributed by atoms with E-state index >= 15 is 0 Å². The molecular weight excluding hydrogens is 244 g/mol. The van der Waals surface area contributed by atoms with Crippen molar-refractivity contribution < 1.29 is 4.79 Å². The lowest BCUT2D eigenvalue weighted by Crippen LogP contribution is -2.47. The molecule has 4 heteroatoms. The van der Waals surface area contributed by atoms with Crippen LogP contribution in [0.15, 0.2) is 0 Å². The van der Waals surface area contributed by atoms with Gasteiger partial charge in [-0.1, -0.05) is 19.3 Å². The quantitative estimate of drug-likeness (QED) is 0.668. The topological polar surface area (TPSA) is 55.1 Å². The molecule has 0 heterocycles. The molecule has 1 amide bonds. The van der Waals surface area contributed by atoms with Gasteiger partial charge in [-0.2, -0.15) is 11.8 Å². The number of rotatable bonds is 8. The smallest absolute Gasteiger partial charge is 0.227 e. The van der Waals surface area contributed by atoms with Crippen LogP contribution in [0.2, 0.25) is 0 Å². The maximum Gasteiger partial charge on any atom is 0.227 e. The van der Waals surface area contributed by atoms with E-state index in [1.165, 1.54) is 25.0 Å². The molecule has 0 spiro atoms. The zero-order valence-corrected chi connectivity index (χ0v) is 12.7. The van der Waals surface area contributed by atoms with Crippen molar-refractivity contribution in [2.75, 3.05) is 18.6 Å². The molecule has 3 N–H and O–H groups in total. The summed E-state index contributed by atoms with van der Waals surface area (Å²) in [4.78, 5) is 12.1. The first kappa shape index (κ1) is 15.8. The average molecular weight is 272 g/mol. The highest BCUT2D eigenvalue weighted by Gasteiger charge is 2.42. The third-order valence-electron chi connectivity index (χ3n) is 4.11. The number of nitrogens with two attached hydrogens (primary N) is 1. The van der Waals surface area contributed by atoms with Crippen LogP contribution in [0.4, 0.5) is 0 Å². The number of hydrogen-bond donors (Lipinski definition) is 2. The van der Waals surface area contributed by atoms with Crippen LogP contribution in [0.3, 0.4) is 0 Å². The van der Waals surface area contributed by atoms with E-state index in [4.69, 9.17) is 5.73 Å². The van der Waals surface area contributed by atoms with Crippen LogP contribution >= 0.6 is 11.8 Å². The van der Waals surface area contributed by atoms with Crippen molar-refractivity contribution in [3.8, 4) is 0 Å². The molecule has 0 bridgehead atoms. The zero-order chi connectivity index (χ0) is 13.4. The van der Waals surface area contributed by atoms with Crippen LogP contribution in [-0.2, 0) is 4.79 Å². The van der Waals surface area contributed by atoms with Gasteiger partial charge >= 0.3 is 0 Å². The molecule has 18 heavy (non-hydrogen) atoms. The van der Waals surface area contributed by atoms with Gasteiger partial charge in [-0.3, -0.25) is 4.79 Å². The van der Waals surface area contributed by atoms with Crippen LogP contribution in [0.25, 0.3) is 0 Å². The van der Waals surface area contributed by atoms with Crippen molar-refractivity contribution in [3.05, 3.63) is 0 Å². The standard InChI is InChI=1S/C14H28N2OS/c1-14(9-7-8-12(14)15)13(17)16-10-5-3-4-6-11-18-2/h12H,3-11,15H2,1-2H3,(H,16,17). The summed E-state index contributed by atoms with van der Waals surface area (Å²) < 4.78 is 0. The normalized spacial score (nSPS) is 27.4. The van der Waals surface area contributed by atoms with Gasteiger partial charge in [0.1, 0.15) is 0 Å². The van der Waals surface area contributed by atoms with Gasteiger partial charge in [0.05, 0.1) is 5.41 Å². The summed E-state index contributed by atoms with van der Waals surface area (Å²) in [5.74, 6) is 1.41. The molecule has 1 rings (SSSR count). The number of hydrogen-bond acceptors (Lipinski definition) is 3. The second kappa shape index (κ2) is 8.05. The predicted molar refractivity (Wildman–Crippen MR) is 79.8 cm³/mol. The van der Waals surface area contributed by atoms with Gasteiger partial charge in [0, 0.05) is 12.6 Å². The molecule has 106 valence electrons. The number of carbonyl (C=O) groups is 1. The summed E-state index contributed by atoms with van der Waals surface area (Å²) in [6.45, 7) is 2.82. The largest absolute Gasteiger partial charge is 0.356 e. The fourth-order valence-corrected chi connectivity index (χ4v) is 3.10. The number of thioether (sulfide) groups is 1. The van der Waals surface area contributed by atoms with Gasteiger partial charge in [0.2, 0.25) is 5.91 Å². The number of amides is 1. The van der Waals surface area contributed by atoms with Crippen LogP contribution in [0, 0.1) is 5.41 Å². The number of nitrogens with one attached hydrogen (secondary N) is 1. The van der Waals surface area contributed by atoms with E-state index < -0.39 is 0 Å². The Morgan fingerprint density at radius 3 is 2.72 bits per heavy atom. The lowest BCUT2D eigenvalue weighted by atomic mass is 9.84. The molecule has 0 aromatic carbocycles. The third-order valence-corrected chi connectivity index (χ3v) is 4.81. The van der Waals surface area contributed by atoms with Gasteiger partial charge in [-0.05, 0) is 44.6 Å². The van der Waals surface area contributed by atoms with E-state index in [0.29, 0.717) is 0 Å². The summed E-state index contributed by atoms with van der Waals surface area (Å²) in [5.41, 5.74) is 5.72. The molecular formula is C14H28N2OS. The zero-order valence-electron chi connectivity index (χ0n) is 11.8. The van der Waals surface area contributed by atoms with Gasteiger partial charge < -0.3 is 11.1 Å². The van der Waals surface area contributed by atoms with Gasteiger partial charge in [0.15, 0.2) is 0 Å². The first-order chi connectivity index (χ1) is 8.61. The Bertz CT molecular complexity index is 260. The average Bonchev–Trinajstić information content (AvgIpc) is 2.69. The Labute approximate surface area is 116 Å². The molecule has 1 fully saturated rings. The second-order valence-corrected chi connectivity index (χ2v) is 6.56. The van der Waals surface area contributed by atoms with Gasteiger partial charge in [-0.25, -0.2) is 0 Å². The minimum atomic E-state index is -0.321. The van der Waals surface area contributed by atoms with Crippen molar-refractivity contribution in [2.24, 2.45) is 11.1 Å². The Morgan fingerprint density at radius 2 is 2.11 bits per heavy atom. The summed E-state index contributed by atoms with van der Waals surface area (Å²) in [6, 6.07) is 0.0408. The fraction of sp³-hybridized carbons (Fsp3) is 0.929. The highest BCUT2D eigenvalue weighted by molar-refractivity contribution is 7.98. The third kappa shape index (κ3) is 4.47. The minimum absolute atomic E-state index is 0.0408. The Morgan fingerprint density at radius 1 is 1.39 bits per heavy atom. The summed E-state index contributed by atoms with van der Waals surface area (Å²) in [7, 11) is 0. The van der Waals surface area contributed by atoms with Crippen molar-refractivity contribution in [3.63, 3.8) is 0 Å². The molecule has 2 unspecified atom stereocenters. The Hall–Kier alpha value is -0.220. The minimum Gasteiger partial charge on any atom is -0.356 e. The molecule has 2 atom stereocenters. The van der Waals surface area contributed by atoms with Crippen molar-refractivity contribution in [2.45, 2.75) is 57.9 Å². The molecule has 0 aliphatic heterocycles. The van der Waals surface area contributed by atoms with Crippen molar-refractivity contribution >= 4 is 17.7 Å². The van der Waals surface area contributed by atoms with Crippen LogP contribution in [0.5, 0.6) is 0 Å². The Kier molecular flexibility index (Phi) is 7.08. The van der Waals surface area contributed by atoms with Gasteiger partial charge in [-0.15, -0.1) is 0 Å². The highest BCUT2D eigenvalue weighted by Crippen LogP contribution is 2.36. The van der Waals surface area contributed by atoms with E-state index in [0.717, 1.165) is 32.2 Å². The predicted octanol–water partition coefficient (Wildman–Crippen LogP) is 2.54. The number of carbonyl (C=O) groups excluding carboxylic acids is 1. The van der Waals surface area contributed by atoms with Crippen molar-refractivity contribution in [1.82, 2.24) is 5.32 Å². The van der Waals surface area contributed by atoms with E-state index in [2.05, 4.69) is 11.6 Å². The number of unbranched alkanes of at least 4 members (excludes halogenated alkanes) is 3. The molecule has 0 aromatic heterocycles. The first-order valence-electron chi connectivity index (χ1n) is 7.14. The molecule has 0 aromatic rings. The fourth-order valence-electron chi connectivity index (χ4n) is 2.60. The molecule has 0 radical (unpaired) electrons. The Balaban J connectivity index is 2.10. The molecule has 0 saturated heterocycles.